The molecule has 4 nitrogen and oxygen atoms in total. The summed E-state index contributed by atoms with van der Waals surface area (Å²) in [4.78, 5) is 12.7. The first-order valence-corrected chi connectivity index (χ1v) is 8.32. The highest BCUT2D eigenvalue weighted by molar-refractivity contribution is 6.30. The van der Waals surface area contributed by atoms with Crippen LogP contribution in [0.2, 0.25) is 5.02 Å². The fraction of sp³-hybridized carbons (Fsp3) is 0.316. The van der Waals surface area contributed by atoms with E-state index in [0.717, 1.165) is 12.0 Å². The van der Waals surface area contributed by atoms with E-state index in [1.54, 1.807) is 18.2 Å². The van der Waals surface area contributed by atoms with Gasteiger partial charge in [-0.1, -0.05) is 23.7 Å². The van der Waals surface area contributed by atoms with Gasteiger partial charge in [-0.05, 0) is 43.7 Å². The van der Waals surface area contributed by atoms with Gasteiger partial charge in [0.25, 0.3) is 0 Å². The van der Waals surface area contributed by atoms with Crippen molar-refractivity contribution < 1.29 is 14.3 Å². The SMILES string of the molecule is CC(C)(C(=O)Nc1ccc2c(c1)OCCCO2)c1ccc(Cl)cc1. The second kappa shape index (κ2) is 6.73. The summed E-state index contributed by atoms with van der Waals surface area (Å²) in [6.07, 6.45) is 0.847. The van der Waals surface area contributed by atoms with Gasteiger partial charge in [0.05, 0.1) is 18.6 Å². The minimum absolute atomic E-state index is 0.0979. The number of rotatable bonds is 3. The van der Waals surface area contributed by atoms with Gasteiger partial charge in [-0.15, -0.1) is 0 Å². The van der Waals surface area contributed by atoms with Crippen LogP contribution in [-0.2, 0) is 10.2 Å². The van der Waals surface area contributed by atoms with E-state index in [0.29, 0.717) is 35.4 Å². The van der Waals surface area contributed by atoms with Gasteiger partial charge in [-0.25, -0.2) is 0 Å². The molecule has 0 saturated carbocycles. The quantitative estimate of drug-likeness (QED) is 0.895. The molecule has 5 heteroatoms. The summed E-state index contributed by atoms with van der Waals surface area (Å²) >= 11 is 5.93. The first kappa shape index (κ1) is 16.7. The van der Waals surface area contributed by atoms with Gasteiger partial charge in [0.2, 0.25) is 5.91 Å². The number of hydrogen-bond acceptors (Lipinski definition) is 3. The number of halogens is 1. The third-order valence-corrected chi connectivity index (χ3v) is 4.39. The van der Waals surface area contributed by atoms with Crippen LogP contribution in [0, 0.1) is 0 Å². The maximum Gasteiger partial charge on any atom is 0.234 e. The fourth-order valence-electron chi connectivity index (χ4n) is 2.53. The van der Waals surface area contributed by atoms with Gasteiger partial charge in [-0.3, -0.25) is 4.79 Å². The molecule has 1 amide bonds. The zero-order valence-corrected chi connectivity index (χ0v) is 14.5. The van der Waals surface area contributed by atoms with Crippen molar-refractivity contribution in [3.8, 4) is 11.5 Å². The van der Waals surface area contributed by atoms with E-state index < -0.39 is 5.41 Å². The van der Waals surface area contributed by atoms with Gasteiger partial charge in [-0.2, -0.15) is 0 Å². The monoisotopic (exact) mass is 345 g/mol. The largest absolute Gasteiger partial charge is 0.490 e. The van der Waals surface area contributed by atoms with Crippen molar-refractivity contribution in [2.45, 2.75) is 25.7 Å². The summed E-state index contributed by atoms with van der Waals surface area (Å²) in [6, 6.07) is 12.8. The van der Waals surface area contributed by atoms with Crippen LogP contribution in [0.5, 0.6) is 11.5 Å². The van der Waals surface area contributed by atoms with Crippen molar-refractivity contribution in [3.05, 3.63) is 53.1 Å². The molecule has 24 heavy (non-hydrogen) atoms. The van der Waals surface area contributed by atoms with Crippen molar-refractivity contribution in [2.24, 2.45) is 0 Å². The van der Waals surface area contributed by atoms with Gasteiger partial charge >= 0.3 is 0 Å². The average molecular weight is 346 g/mol. The summed E-state index contributed by atoms with van der Waals surface area (Å²) in [5, 5.41) is 3.61. The molecule has 0 aromatic heterocycles. The lowest BCUT2D eigenvalue weighted by molar-refractivity contribution is -0.120. The van der Waals surface area contributed by atoms with Crippen LogP contribution in [0.1, 0.15) is 25.8 Å². The number of ether oxygens (including phenoxy) is 2. The lowest BCUT2D eigenvalue weighted by Gasteiger charge is -2.24. The van der Waals surface area contributed by atoms with Crippen LogP contribution in [0.15, 0.2) is 42.5 Å². The van der Waals surface area contributed by atoms with Crippen LogP contribution >= 0.6 is 11.6 Å². The molecule has 1 aliphatic heterocycles. The number of hydrogen-bond donors (Lipinski definition) is 1. The minimum atomic E-state index is -0.686. The molecule has 3 rings (SSSR count). The molecule has 0 aliphatic carbocycles. The molecule has 0 spiro atoms. The summed E-state index contributed by atoms with van der Waals surface area (Å²) in [5.74, 6) is 1.27. The van der Waals surface area contributed by atoms with Gasteiger partial charge in [0, 0.05) is 23.2 Å². The number of benzene rings is 2. The first-order valence-electron chi connectivity index (χ1n) is 7.94. The molecule has 2 aromatic carbocycles. The van der Waals surface area contributed by atoms with Crippen molar-refractivity contribution in [1.82, 2.24) is 0 Å². The molecule has 1 heterocycles. The second-order valence-electron chi connectivity index (χ2n) is 6.30. The number of fused-ring (bicyclic) bond motifs is 1. The Bertz CT molecular complexity index is 741. The van der Waals surface area contributed by atoms with E-state index in [2.05, 4.69) is 5.32 Å². The van der Waals surface area contributed by atoms with Crippen LogP contribution in [-0.4, -0.2) is 19.1 Å². The highest BCUT2D eigenvalue weighted by Crippen LogP contribution is 2.33. The third kappa shape index (κ3) is 3.49. The number of anilines is 1. The van der Waals surface area contributed by atoms with Gasteiger partial charge in [0.1, 0.15) is 0 Å². The fourth-order valence-corrected chi connectivity index (χ4v) is 2.65. The molecule has 2 aromatic rings. The zero-order chi connectivity index (χ0) is 17.2. The Morgan fingerprint density at radius 3 is 2.42 bits per heavy atom. The summed E-state index contributed by atoms with van der Waals surface area (Å²) in [7, 11) is 0. The molecule has 1 aliphatic rings. The Morgan fingerprint density at radius 1 is 1.04 bits per heavy atom. The van der Waals surface area contributed by atoms with Crippen molar-refractivity contribution in [1.29, 1.82) is 0 Å². The second-order valence-corrected chi connectivity index (χ2v) is 6.73. The Morgan fingerprint density at radius 2 is 1.71 bits per heavy atom. The number of carbonyl (C=O) groups is 1. The first-order chi connectivity index (χ1) is 11.5. The predicted octanol–water partition coefficient (Wildman–Crippen LogP) is 4.42. The van der Waals surface area contributed by atoms with Crippen molar-refractivity contribution >= 4 is 23.2 Å². The summed E-state index contributed by atoms with van der Waals surface area (Å²) in [6.45, 7) is 5.02. The Hall–Kier alpha value is -2.20. The average Bonchev–Trinajstić information content (AvgIpc) is 2.80. The van der Waals surface area contributed by atoms with Crippen LogP contribution in [0.25, 0.3) is 0 Å². The van der Waals surface area contributed by atoms with E-state index in [1.807, 2.05) is 38.1 Å². The number of carbonyl (C=O) groups excluding carboxylic acids is 1. The van der Waals surface area contributed by atoms with E-state index in [-0.39, 0.29) is 5.91 Å². The summed E-state index contributed by atoms with van der Waals surface area (Å²) in [5.41, 5.74) is 0.902. The van der Waals surface area contributed by atoms with Gasteiger partial charge in [0.15, 0.2) is 11.5 Å². The lowest BCUT2D eigenvalue weighted by Crippen LogP contribution is -2.34. The normalized spacial score (nSPS) is 14.0. The van der Waals surface area contributed by atoms with E-state index in [1.165, 1.54) is 0 Å². The molecule has 0 fully saturated rings. The van der Waals surface area contributed by atoms with Crippen LogP contribution in [0.3, 0.4) is 0 Å². The van der Waals surface area contributed by atoms with Gasteiger partial charge < -0.3 is 14.8 Å². The van der Waals surface area contributed by atoms with Crippen LogP contribution in [0.4, 0.5) is 5.69 Å². The number of nitrogens with one attached hydrogen (secondary N) is 1. The predicted molar refractivity (Wildman–Crippen MR) is 95.2 cm³/mol. The van der Waals surface area contributed by atoms with Crippen molar-refractivity contribution in [3.63, 3.8) is 0 Å². The highest BCUT2D eigenvalue weighted by Gasteiger charge is 2.30. The Kier molecular flexibility index (Phi) is 4.67. The minimum Gasteiger partial charge on any atom is -0.490 e. The molecule has 0 bridgehead atoms. The van der Waals surface area contributed by atoms with Crippen LogP contribution < -0.4 is 14.8 Å². The van der Waals surface area contributed by atoms with Crippen molar-refractivity contribution in [2.75, 3.05) is 18.5 Å². The highest BCUT2D eigenvalue weighted by atomic mass is 35.5. The third-order valence-electron chi connectivity index (χ3n) is 4.14. The number of amides is 1. The summed E-state index contributed by atoms with van der Waals surface area (Å²) < 4.78 is 11.3. The molecule has 1 N–H and O–H groups in total. The smallest absolute Gasteiger partial charge is 0.234 e. The molecule has 0 atom stereocenters. The lowest BCUT2D eigenvalue weighted by atomic mass is 9.83. The molecular formula is C19H20ClNO3. The molecule has 0 radical (unpaired) electrons. The maximum absolute atomic E-state index is 12.7. The molecular weight excluding hydrogens is 326 g/mol. The molecule has 0 unspecified atom stereocenters. The standard InChI is InChI=1S/C19H20ClNO3/c1-19(2,13-4-6-14(20)7-5-13)18(22)21-15-8-9-16-17(12-15)24-11-3-10-23-16/h4-9,12H,3,10-11H2,1-2H3,(H,21,22). The molecule has 126 valence electrons. The van der Waals surface area contributed by atoms with E-state index in [4.69, 9.17) is 21.1 Å². The van der Waals surface area contributed by atoms with E-state index in [9.17, 15) is 4.79 Å². The zero-order valence-electron chi connectivity index (χ0n) is 13.8. The topological polar surface area (TPSA) is 47.6 Å². The Balaban J connectivity index is 1.78. The Labute approximate surface area is 146 Å². The maximum atomic E-state index is 12.7. The molecule has 0 saturated heterocycles. The van der Waals surface area contributed by atoms with E-state index >= 15 is 0 Å².